The number of carbonyl (C=O) groups is 1. The van der Waals surface area contributed by atoms with Crippen molar-refractivity contribution in [3.8, 4) is 0 Å². The van der Waals surface area contributed by atoms with Crippen LogP contribution in [0.3, 0.4) is 0 Å². The largest absolute Gasteiger partial charge is 0.480 e. The molecule has 0 radical (unpaired) electrons. The minimum atomic E-state index is -0.892. The van der Waals surface area contributed by atoms with E-state index in [-0.39, 0.29) is 6.61 Å². The molecule has 0 fully saturated rings. The lowest BCUT2D eigenvalue weighted by molar-refractivity contribution is -0.140. The normalized spacial score (nSPS) is 12.3. The first-order valence-corrected chi connectivity index (χ1v) is 5.08. The smallest absolute Gasteiger partial charge is 0.323 e. The molecule has 1 aromatic rings. The average molecular weight is 224 g/mol. The van der Waals surface area contributed by atoms with Crippen LogP contribution in [-0.4, -0.2) is 42.4 Å². The molecule has 0 aliphatic rings. The van der Waals surface area contributed by atoms with Crippen molar-refractivity contribution in [2.24, 2.45) is 0 Å². The Bertz CT molecular complexity index is 316. The monoisotopic (exact) mass is 224 g/mol. The zero-order valence-electron chi connectivity index (χ0n) is 9.22. The summed E-state index contributed by atoms with van der Waals surface area (Å²) < 4.78 is 4.81. The van der Waals surface area contributed by atoms with Gasteiger partial charge in [0, 0.05) is 26.0 Å². The van der Waals surface area contributed by atoms with E-state index in [1.807, 2.05) is 12.1 Å². The Hall–Kier alpha value is -1.46. The summed E-state index contributed by atoms with van der Waals surface area (Å²) in [6.07, 6.45) is 4.22. The topological polar surface area (TPSA) is 71.5 Å². The molecule has 0 aliphatic carbocycles. The van der Waals surface area contributed by atoms with Gasteiger partial charge >= 0.3 is 5.97 Å². The van der Waals surface area contributed by atoms with Crippen molar-refractivity contribution in [1.29, 1.82) is 0 Å². The van der Waals surface area contributed by atoms with Crippen molar-refractivity contribution in [1.82, 2.24) is 10.3 Å². The summed E-state index contributed by atoms with van der Waals surface area (Å²) in [6, 6.07) is 3.17. The molecule has 88 valence electrons. The van der Waals surface area contributed by atoms with Gasteiger partial charge in [0.15, 0.2) is 0 Å². The van der Waals surface area contributed by atoms with Crippen molar-refractivity contribution in [2.75, 3.05) is 20.3 Å². The van der Waals surface area contributed by atoms with Crippen LogP contribution in [0.2, 0.25) is 0 Å². The number of hydrogen-bond acceptors (Lipinski definition) is 4. The number of carboxylic acids is 1. The van der Waals surface area contributed by atoms with Crippen LogP contribution in [0.1, 0.15) is 5.56 Å². The molecule has 1 rings (SSSR count). The molecule has 0 aromatic carbocycles. The number of rotatable bonds is 7. The maximum Gasteiger partial charge on any atom is 0.323 e. The number of aromatic nitrogens is 1. The Balaban J connectivity index is 2.31. The van der Waals surface area contributed by atoms with Crippen molar-refractivity contribution in [3.05, 3.63) is 30.1 Å². The second-order valence-corrected chi connectivity index (χ2v) is 3.41. The van der Waals surface area contributed by atoms with Crippen molar-refractivity contribution in [3.63, 3.8) is 0 Å². The molecule has 1 atom stereocenters. The lowest BCUT2D eigenvalue weighted by Gasteiger charge is -2.13. The predicted octanol–water partition coefficient (Wildman–Crippen LogP) is 0.313. The van der Waals surface area contributed by atoms with Gasteiger partial charge in [0.1, 0.15) is 6.04 Å². The van der Waals surface area contributed by atoms with E-state index >= 15 is 0 Å². The number of methoxy groups -OCH3 is 1. The maximum absolute atomic E-state index is 10.8. The summed E-state index contributed by atoms with van der Waals surface area (Å²) in [5, 5.41) is 11.8. The Morgan fingerprint density at radius 2 is 2.25 bits per heavy atom. The van der Waals surface area contributed by atoms with Gasteiger partial charge in [-0.25, -0.2) is 0 Å². The summed E-state index contributed by atoms with van der Waals surface area (Å²) in [7, 11) is 1.49. The highest BCUT2D eigenvalue weighted by Crippen LogP contribution is 1.96. The first-order chi connectivity index (χ1) is 7.74. The van der Waals surface area contributed by atoms with Gasteiger partial charge in [-0.2, -0.15) is 0 Å². The molecule has 0 amide bonds. The quantitative estimate of drug-likeness (QED) is 0.697. The average Bonchev–Trinajstić information content (AvgIpc) is 2.29. The van der Waals surface area contributed by atoms with Crippen LogP contribution in [0, 0.1) is 0 Å². The predicted molar refractivity (Wildman–Crippen MR) is 59.2 cm³/mol. The summed E-state index contributed by atoms with van der Waals surface area (Å²) in [5.41, 5.74) is 1.13. The SMILES string of the molecule is COCC(NCCc1ccncc1)C(=O)O. The molecule has 16 heavy (non-hydrogen) atoms. The highest BCUT2D eigenvalue weighted by atomic mass is 16.5. The van der Waals surface area contributed by atoms with Gasteiger partial charge in [-0.05, 0) is 24.1 Å². The molecule has 1 heterocycles. The molecule has 5 nitrogen and oxygen atoms in total. The van der Waals surface area contributed by atoms with Crippen LogP contribution in [0.25, 0.3) is 0 Å². The van der Waals surface area contributed by atoms with E-state index in [4.69, 9.17) is 9.84 Å². The third kappa shape index (κ3) is 4.37. The van der Waals surface area contributed by atoms with E-state index in [1.54, 1.807) is 12.4 Å². The van der Waals surface area contributed by atoms with Crippen molar-refractivity contribution < 1.29 is 14.6 Å². The van der Waals surface area contributed by atoms with Gasteiger partial charge < -0.3 is 15.2 Å². The second kappa shape index (κ2) is 6.92. The summed E-state index contributed by atoms with van der Waals surface area (Å²) in [5.74, 6) is -0.892. The number of carboxylic acid groups (broad SMARTS) is 1. The Morgan fingerprint density at radius 1 is 1.56 bits per heavy atom. The molecule has 0 aliphatic heterocycles. The number of nitrogens with zero attached hydrogens (tertiary/aromatic N) is 1. The third-order valence-corrected chi connectivity index (χ3v) is 2.19. The Kier molecular flexibility index (Phi) is 5.45. The molecule has 0 saturated carbocycles. The maximum atomic E-state index is 10.8. The van der Waals surface area contributed by atoms with E-state index in [0.717, 1.165) is 12.0 Å². The van der Waals surface area contributed by atoms with E-state index in [1.165, 1.54) is 7.11 Å². The fourth-order valence-electron chi connectivity index (χ4n) is 1.32. The lowest BCUT2D eigenvalue weighted by Crippen LogP contribution is -2.41. The molecule has 0 saturated heterocycles. The van der Waals surface area contributed by atoms with E-state index < -0.39 is 12.0 Å². The Morgan fingerprint density at radius 3 is 2.81 bits per heavy atom. The molecule has 2 N–H and O–H groups in total. The molecule has 0 spiro atoms. The van der Waals surface area contributed by atoms with Gasteiger partial charge in [0.2, 0.25) is 0 Å². The van der Waals surface area contributed by atoms with Crippen LogP contribution in [-0.2, 0) is 16.0 Å². The number of nitrogens with one attached hydrogen (secondary N) is 1. The Labute approximate surface area is 94.5 Å². The van der Waals surface area contributed by atoms with Crippen LogP contribution in [0.4, 0.5) is 0 Å². The first-order valence-electron chi connectivity index (χ1n) is 5.08. The van der Waals surface area contributed by atoms with Gasteiger partial charge in [-0.15, -0.1) is 0 Å². The zero-order chi connectivity index (χ0) is 11.8. The van der Waals surface area contributed by atoms with Crippen molar-refractivity contribution in [2.45, 2.75) is 12.5 Å². The van der Waals surface area contributed by atoms with Crippen LogP contribution >= 0.6 is 0 Å². The second-order valence-electron chi connectivity index (χ2n) is 3.41. The van der Waals surface area contributed by atoms with Gasteiger partial charge in [-0.1, -0.05) is 0 Å². The van der Waals surface area contributed by atoms with Gasteiger partial charge in [0.25, 0.3) is 0 Å². The molecular formula is C11H16N2O3. The number of aliphatic carboxylic acids is 1. The highest BCUT2D eigenvalue weighted by Gasteiger charge is 2.15. The molecular weight excluding hydrogens is 208 g/mol. The molecule has 0 bridgehead atoms. The van der Waals surface area contributed by atoms with E-state index in [2.05, 4.69) is 10.3 Å². The van der Waals surface area contributed by atoms with Gasteiger partial charge in [-0.3, -0.25) is 9.78 Å². The lowest BCUT2D eigenvalue weighted by atomic mass is 10.2. The number of hydrogen-bond donors (Lipinski definition) is 2. The number of ether oxygens (including phenoxy) is 1. The van der Waals surface area contributed by atoms with Crippen molar-refractivity contribution >= 4 is 5.97 Å². The van der Waals surface area contributed by atoms with Gasteiger partial charge in [0.05, 0.1) is 6.61 Å². The fraction of sp³-hybridized carbons (Fsp3) is 0.455. The third-order valence-electron chi connectivity index (χ3n) is 2.19. The summed E-state index contributed by atoms with van der Waals surface area (Å²) in [6.45, 7) is 0.774. The zero-order valence-corrected chi connectivity index (χ0v) is 9.22. The standard InChI is InChI=1S/C11H16N2O3/c1-16-8-10(11(14)15)13-7-4-9-2-5-12-6-3-9/h2-3,5-6,10,13H,4,7-8H2,1H3,(H,14,15). The molecule has 5 heteroatoms. The van der Waals surface area contributed by atoms with E-state index in [0.29, 0.717) is 6.54 Å². The summed E-state index contributed by atoms with van der Waals surface area (Å²) >= 11 is 0. The highest BCUT2D eigenvalue weighted by molar-refractivity contribution is 5.73. The van der Waals surface area contributed by atoms with Crippen LogP contribution in [0.15, 0.2) is 24.5 Å². The summed E-state index contributed by atoms with van der Waals surface area (Å²) in [4.78, 5) is 14.7. The minimum absolute atomic E-state index is 0.172. The van der Waals surface area contributed by atoms with Crippen LogP contribution < -0.4 is 5.32 Å². The molecule has 1 aromatic heterocycles. The molecule has 1 unspecified atom stereocenters. The minimum Gasteiger partial charge on any atom is -0.480 e. The fourth-order valence-corrected chi connectivity index (χ4v) is 1.32. The number of pyridine rings is 1. The van der Waals surface area contributed by atoms with E-state index in [9.17, 15) is 4.79 Å². The van der Waals surface area contributed by atoms with Crippen LogP contribution in [0.5, 0.6) is 0 Å². The first kappa shape index (κ1) is 12.6.